The smallest absolute Gasteiger partial charge is 0.193 e. The van der Waals surface area contributed by atoms with Crippen LogP contribution in [0.3, 0.4) is 0 Å². The third-order valence-electron chi connectivity index (χ3n) is 2.76. The van der Waals surface area contributed by atoms with Gasteiger partial charge in [0.2, 0.25) is 0 Å². The van der Waals surface area contributed by atoms with E-state index < -0.39 is 0 Å². The molecule has 0 aliphatic carbocycles. The highest BCUT2D eigenvalue weighted by atomic mass is 15.1. The third-order valence-corrected chi connectivity index (χ3v) is 2.76. The molecule has 1 aromatic carbocycles. The maximum Gasteiger partial charge on any atom is 0.193 e. The van der Waals surface area contributed by atoms with Crippen LogP contribution in [0.1, 0.15) is 16.8 Å². The fourth-order valence-corrected chi connectivity index (χ4v) is 1.55. The molecule has 0 amide bonds. The molecule has 5 nitrogen and oxygen atoms in total. The van der Waals surface area contributed by atoms with Crippen molar-refractivity contribution in [2.45, 2.75) is 20.4 Å². The van der Waals surface area contributed by atoms with Crippen LogP contribution in [0.5, 0.6) is 0 Å². The number of aliphatic imine (C=N–C) groups is 1. The van der Waals surface area contributed by atoms with Crippen molar-refractivity contribution >= 4 is 11.6 Å². The number of aryl methyl sites for hydroxylation is 2. The Morgan fingerprint density at radius 1 is 1.33 bits per heavy atom. The second-order valence-electron chi connectivity index (χ2n) is 4.21. The number of aromatic amines is 1. The zero-order chi connectivity index (χ0) is 13.0. The van der Waals surface area contributed by atoms with E-state index in [0.29, 0.717) is 12.5 Å². The van der Waals surface area contributed by atoms with Crippen LogP contribution >= 0.6 is 0 Å². The second-order valence-corrected chi connectivity index (χ2v) is 4.21. The molecule has 0 bridgehead atoms. The first-order valence-corrected chi connectivity index (χ1v) is 5.77. The molecule has 2 rings (SSSR count). The van der Waals surface area contributed by atoms with Crippen molar-refractivity contribution < 1.29 is 0 Å². The van der Waals surface area contributed by atoms with Gasteiger partial charge in [0, 0.05) is 11.9 Å². The van der Waals surface area contributed by atoms with Gasteiger partial charge in [0.1, 0.15) is 0 Å². The Morgan fingerprint density at radius 2 is 2.17 bits per heavy atom. The van der Waals surface area contributed by atoms with Crippen molar-refractivity contribution in [2.75, 3.05) is 5.32 Å². The third kappa shape index (κ3) is 3.10. The molecule has 0 fully saturated rings. The molecule has 1 aromatic heterocycles. The van der Waals surface area contributed by atoms with Gasteiger partial charge in [-0.05, 0) is 43.2 Å². The highest BCUT2D eigenvalue weighted by Gasteiger charge is 1.98. The van der Waals surface area contributed by atoms with E-state index in [1.165, 1.54) is 11.1 Å². The normalized spacial score (nSPS) is 11.6. The summed E-state index contributed by atoms with van der Waals surface area (Å²) in [6, 6.07) is 7.96. The van der Waals surface area contributed by atoms with E-state index in [1.54, 1.807) is 6.20 Å². The number of H-pyrrole nitrogens is 1. The van der Waals surface area contributed by atoms with Gasteiger partial charge in [-0.3, -0.25) is 5.10 Å². The summed E-state index contributed by atoms with van der Waals surface area (Å²) >= 11 is 0. The molecular weight excluding hydrogens is 226 g/mol. The van der Waals surface area contributed by atoms with Gasteiger partial charge in [-0.25, -0.2) is 4.99 Å². The van der Waals surface area contributed by atoms with Crippen molar-refractivity contribution in [3.8, 4) is 0 Å². The van der Waals surface area contributed by atoms with Crippen LogP contribution in [-0.2, 0) is 6.54 Å². The van der Waals surface area contributed by atoms with Gasteiger partial charge < -0.3 is 11.1 Å². The lowest BCUT2D eigenvalue weighted by molar-refractivity contribution is 0.944. The van der Waals surface area contributed by atoms with Gasteiger partial charge in [-0.15, -0.1) is 0 Å². The van der Waals surface area contributed by atoms with Gasteiger partial charge in [0.25, 0.3) is 0 Å². The summed E-state index contributed by atoms with van der Waals surface area (Å²) in [4.78, 5) is 4.23. The van der Waals surface area contributed by atoms with Crippen molar-refractivity contribution in [1.82, 2.24) is 10.2 Å². The van der Waals surface area contributed by atoms with Gasteiger partial charge in [-0.2, -0.15) is 5.10 Å². The summed E-state index contributed by atoms with van der Waals surface area (Å²) in [5.74, 6) is 0.396. The standard InChI is InChI=1S/C13H17N5/c1-9-3-4-11(7-10(9)2)17-13(14)15-8-12-5-6-16-18-12/h3-7H,8H2,1-2H3,(H,16,18)(H3,14,15,17). The molecular formula is C13H17N5. The molecule has 0 saturated carbocycles. The quantitative estimate of drug-likeness (QED) is 0.569. The highest BCUT2D eigenvalue weighted by Crippen LogP contribution is 2.13. The molecule has 0 atom stereocenters. The lowest BCUT2D eigenvalue weighted by atomic mass is 10.1. The molecule has 18 heavy (non-hydrogen) atoms. The number of nitrogens with one attached hydrogen (secondary N) is 2. The van der Waals surface area contributed by atoms with Crippen LogP contribution in [0.4, 0.5) is 5.69 Å². The Bertz CT molecular complexity index is 543. The van der Waals surface area contributed by atoms with Crippen molar-refractivity contribution in [2.24, 2.45) is 10.7 Å². The Hall–Kier alpha value is -2.30. The maximum absolute atomic E-state index is 5.82. The highest BCUT2D eigenvalue weighted by molar-refractivity contribution is 5.92. The summed E-state index contributed by atoms with van der Waals surface area (Å²) in [5.41, 5.74) is 10.2. The molecule has 0 aliphatic rings. The van der Waals surface area contributed by atoms with Crippen LogP contribution in [0, 0.1) is 13.8 Å². The fraction of sp³-hybridized carbons (Fsp3) is 0.231. The van der Waals surface area contributed by atoms with Gasteiger partial charge in [-0.1, -0.05) is 6.07 Å². The SMILES string of the molecule is Cc1ccc(NC(N)=NCc2ccn[nH]2)cc1C. The Labute approximate surface area is 106 Å². The summed E-state index contributed by atoms with van der Waals surface area (Å²) < 4.78 is 0. The number of rotatable bonds is 3. The van der Waals surface area contributed by atoms with E-state index >= 15 is 0 Å². The topological polar surface area (TPSA) is 79.1 Å². The fourth-order valence-electron chi connectivity index (χ4n) is 1.55. The molecule has 1 heterocycles. The minimum atomic E-state index is 0.396. The Balaban J connectivity index is 1.99. The first-order valence-electron chi connectivity index (χ1n) is 5.77. The van der Waals surface area contributed by atoms with Crippen LogP contribution in [-0.4, -0.2) is 16.2 Å². The number of aromatic nitrogens is 2. The molecule has 0 aliphatic heterocycles. The first-order chi connectivity index (χ1) is 8.65. The monoisotopic (exact) mass is 243 g/mol. The van der Waals surface area contributed by atoms with E-state index in [4.69, 9.17) is 5.73 Å². The maximum atomic E-state index is 5.82. The lowest BCUT2D eigenvalue weighted by Gasteiger charge is -2.07. The van der Waals surface area contributed by atoms with Crippen LogP contribution < -0.4 is 11.1 Å². The predicted molar refractivity (Wildman–Crippen MR) is 73.5 cm³/mol. The number of hydrogen-bond donors (Lipinski definition) is 3. The van der Waals surface area contributed by atoms with E-state index in [0.717, 1.165) is 11.4 Å². The number of nitrogens with zero attached hydrogens (tertiary/aromatic N) is 2. The number of guanidine groups is 1. The van der Waals surface area contributed by atoms with Gasteiger partial charge in [0.15, 0.2) is 5.96 Å². The van der Waals surface area contributed by atoms with E-state index in [-0.39, 0.29) is 0 Å². The Morgan fingerprint density at radius 3 is 2.83 bits per heavy atom. The van der Waals surface area contributed by atoms with Gasteiger partial charge >= 0.3 is 0 Å². The van der Waals surface area contributed by atoms with Crippen LogP contribution in [0.2, 0.25) is 0 Å². The average molecular weight is 243 g/mol. The largest absolute Gasteiger partial charge is 0.370 e. The molecule has 2 aromatic rings. The summed E-state index contributed by atoms with van der Waals surface area (Å²) in [6.45, 7) is 4.64. The number of benzene rings is 1. The molecule has 0 spiro atoms. The number of anilines is 1. The molecule has 0 unspecified atom stereocenters. The molecule has 94 valence electrons. The minimum absolute atomic E-state index is 0.396. The van der Waals surface area contributed by atoms with Crippen molar-refractivity contribution in [3.05, 3.63) is 47.3 Å². The zero-order valence-electron chi connectivity index (χ0n) is 10.6. The molecule has 5 heteroatoms. The van der Waals surface area contributed by atoms with Gasteiger partial charge in [0.05, 0.1) is 12.2 Å². The zero-order valence-corrected chi connectivity index (χ0v) is 10.6. The first kappa shape index (κ1) is 12.2. The van der Waals surface area contributed by atoms with Crippen molar-refractivity contribution in [3.63, 3.8) is 0 Å². The van der Waals surface area contributed by atoms with Crippen molar-refractivity contribution in [1.29, 1.82) is 0 Å². The number of nitrogens with two attached hydrogens (primary N) is 1. The lowest BCUT2D eigenvalue weighted by Crippen LogP contribution is -2.22. The van der Waals surface area contributed by atoms with E-state index in [9.17, 15) is 0 Å². The molecule has 0 saturated heterocycles. The van der Waals surface area contributed by atoms with E-state index in [2.05, 4.69) is 40.4 Å². The summed E-state index contributed by atoms with van der Waals surface area (Å²) in [7, 11) is 0. The average Bonchev–Trinajstić information content (AvgIpc) is 2.84. The second kappa shape index (κ2) is 5.35. The van der Waals surface area contributed by atoms with E-state index in [1.807, 2.05) is 18.2 Å². The number of hydrogen-bond acceptors (Lipinski definition) is 2. The van der Waals surface area contributed by atoms with Crippen LogP contribution in [0.15, 0.2) is 35.5 Å². The summed E-state index contributed by atoms with van der Waals surface area (Å²) in [6.07, 6.45) is 1.69. The molecule has 4 N–H and O–H groups in total. The Kier molecular flexibility index (Phi) is 3.62. The predicted octanol–water partition coefficient (Wildman–Crippen LogP) is 1.95. The minimum Gasteiger partial charge on any atom is -0.370 e. The van der Waals surface area contributed by atoms with Crippen LogP contribution in [0.25, 0.3) is 0 Å². The summed E-state index contributed by atoms with van der Waals surface area (Å²) in [5, 5.41) is 9.75. The molecule has 0 radical (unpaired) electrons.